The minimum atomic E-state index is 0.584. The van der Waals surface area contributed by atoms with Crippen LogP contribution in [-0.2, 0) is 0 Å². The summed E-state index contributed by atoms with van der Waals surface area (Å²) in [6.45, 7) is 2.56. The van der Waals surface area contributed by atoms with Crippen LogP contribution in [0.5, 0.6) is 0 Å². The van der Waals surface area contributed by atoms with Gasteiger partial charge in [-0.2, -0.15) is 0 Å². The molecule has 0 amide bonds. The summed E-state index contributed by atoms with van der Waals surface area (Å²) in [5, 5.41) is 0. The first kappa shape index (κ1) is 7.09. The summed E-state index contributed by atoms with van der Waals surface area (Å²) < 4.78 is 5.07. The van der Waals surface area contributed by atoms with Crippen LogP contribution in [-0.4, -0.2) is 6.54 Å². The fourth-order valence-corrected chi connectivity index (χ4v) is 0.675. The molecule has 0 aliphatic rings. The first-order chi connectivity index (χ1) is 4.83. The average Bonchev–Trinajstić information content (AvgIpc) is 2.40. The van der Waals surface area contributed by atoms with E-state index >= 15 is 0 Å². The summed E-state index contributed by atoms with van der Waals surface area (Å²) in [5.74, 6) is 0.864. The monoisotopic (exact) mass is 137 g/mol. The van der Waals surface area contributed by atoms with E-state index in [1.165, 1.54) is 0 Å². The normalized spacial score (nSPS) is 12.0. The first-order valence-electron chi connectivity index (χ1n) is 3.23. The number of furan rings is 1. The molecule has 0 saturated carbocycles. The highest BCUT2D eigenvalue weighted by Crippen LogP contribution is 2.05. The smallest absolute Gasteiger partial charge is 0.126 e. The molecule has 0 fully saturated rings. The molecule has 1 heterocycles. The highest BCUT2D eigenvalue weighted by Gasteiger charge is 1.89. The molecule has 1 aromatic rings. The third kappa shape index (κ3) is 1.74. The zero-order chi connectivity index (χ0) is 7.40. The van der Waals surface area contributed by atoms with E-state index in [-0.39, 0.29) is 0 Å². The van der Waals surface area contributed by atoms with Gasteiger partial charge in [0.05, 0.1) is 6.26 Å². The molecule has 0 aliphatic heterocycles. The van der Waals surface area contributed by atoms with E-state index < -0.39 is 0 Å². The summed E-state index contributed by atoms with van der Waals surface area (Å²) in [5.41, 5.74) is 6.50. The minimum Gasteiger partial charge on any atom is -0.465 e. The Morgan fingerprint density at radius 1 is 1.80 bits per heavy atom. The van der Waals surface area contributed by atoms with Crippen molar-refractivity contribution in [3.63, 3.8) is 0 Å². The van der Waals surface area contributed by atoms with Crippen LogP contribution in [0.4, 0.5) is 0 Å². The van der Waals surface area contributed by atoms with Crippen molar-refractivity contribution in [1.29, 1.82) is 0 Å². The molecule has 0 radical (unpaired) electrons. The van der Waals surface area contributed by atoms with E-state index in [1.807, 2.05) is 25.1 Å². The van der Waals surface area contributed by atoms with Crippen LogP contribution >= 0.6 is 0 Å². The average molecular weight is 137 g/mol. The van der Waals surface area contributed by atoms with Gasteiger partial charge in [0.2, 0.25) is 0 Å². The van der Waals surface area contributed by atoms with Gasteiger partial charge in [0.15, 0.2) is 0 Å². The molecule has 1 rings (SSSR count). The maximum atomic E-state index is 5.38. The van der Waals surface area contributed by atoms with Crippen molar-refractivity contribution in [1.82, 2.24) is 0 Å². The van der Waals surface area contributed by atoms with Crippen LogP contribution in [0.2, 0.25) is 0 Å². The standard InChI is InChI=1S/C8H11NO/c1-7(6-9)5-8-3-2-4-10-8/h2-5H,6,9H2,1H3. The van der Waals surface area contributed by atoms with Gasteiger partial charge in [0.25, 0.3) is 0 Å². The number of hydrogen-bond acceptors (Lipinski definition) is 2. The summed E-state index contributed by atoms with van der Waals surface area (Å²) in [6.07, 6.45) is 3.58. The van der Waals surface area contributed by atoms with Gasteiger partial charge in [-0.15, -0.1) is 0 Å². The Labute approximate surface area is 60.3 Å². The van der Waals surface area contributed by atoms with Crippen LogP contribution in [0.1, 0.15) is 12.7 Å². The van der Waals surface area contributed by atoms with E-state index in [2.05, 4.69) is 0 Å². The molecule has 0 saturated heterocycles. The Hall–Kier alpha value is -1.02. The molecule has 0 unspecified atom stereocenters. The molecule has 0 aromatic carbocycles. The van der Waals surface area contributed by atoms with Crippen molar-refractivity contribution in [3.8, 4) is 0 Å². The van der Waals surface area contributed by atoms with Crippen molar-refractivity contribution >= 4 is 6.08 Å². The van der Waals surface area contributed by atoms with Gasteiger partial charge in [0, 0.05) is 6.54 Å². The molecule has 0 bridgehead atoms. The Morgan fingerprint density at radius 3 is 3.10 bits per heavy atom. The lowest BCUT2D eigenvalue weighted by Gasteiger charge is -1.90. The van der Waals surface area contributed by atoms with Crippen LogP contribution in [0.15, 0.2) is 28.4 Å². The van der Waals surface area contributed by atoms with Gasteiger partial charge in [-0.1, -0.05) is 5.57 Å². The zero-order valence-corrected chi connectivity index (χ0v) is 6.00. The van der Waals surface area contributed by atoms with Crippen LogP contribution in [0, 0.1) is 0 Å². The van der Waals surface area contributed by atoms with E-state index in [9.17, 15) is 0 Å². The van der Waals surface area contributed by atoms with Crippen molar-refractivity contribution in [3.05, 3.63) is 29.7 Å². The zero-order valence-electron chi connectivity index (χ0n) is 6.00. The Kier molecular flexibility index (Phi) is 2.29. The summed E-state index contributed by atoms with van der Waals surface area (Å²) >= 11 is 0. The third-order valence-corrected chi connectivity index (χ3v) is 1.25. The minimum absolute atomic E-state index is 0.584. The molecule has 2 nitrogen and oxygen atoms in total. The van der Waals surface area contributed by atoms with E-state index in [4.69, 9.17) is 10.2 Å². The fourth-order valence-electron chi connectivity index (χ4n) is 0.675. The molecular formula is C8H11NO. The molecule has 0 atom stereocenters. The molecule has 54 valence electrons. The van der Waals surface area contributed by atoms with Crippen molar-refractivity contribution in [2.24, 2.45) is 5.73 Å². The van der Waals surface area contributed by atoms with Crippen LogP contribution in [0.3, 0.4) is 0 Å². The van der Waals surface area contributed by atoms with Gasteiger partial charge in [0.1, 0.15) is 5.76 Å². The molecule has 0 spiro atoms. The predicted octanol–water partition coefficient (Wildman–Crippen LogP) is 1.64. The maximum Gasteiger partial charge on any atom is 0.126 e. The lowest BCUT2D eigenvalue weighted by molar-refractivity contribution is 0.556. The van der Waals surface area contributed by atoms with Crippen LogP contribution in [0.25, 0.3) is 6.08 Å². The van der Waals surface area contributed by atoms with Gasteiger partial charge in [-0.3, -0.25) is 0 Å². The molecule has 0 aliphatic carbocycles. The van der Waals surface area contributed by atoms with E-state index in [0.717, 1.165) is 11.3 Å². The van der Waals surface area contributed by atoms with Crippen molar-refractivity contribution in [2.45, 2.75) is 6.92 Å². The van der Waals surface area contributed by atoms with Gasteiger partial charge < -0.3 is 10.2 Å². The second kappa shape index (κ2) is 3.22. The van der Waals surface area contributed by atoms with Crippen molar-refractivity contribution < 1.29 is 4.42 Å². The number of rotatable bonds is 2. The Balaban J connectivity index is 2.71. The highest BCUT2D eigenvalue weighted by molar-refractivity contribution is 5.46. The van der Waals surface area contributed by atoms with Crippen molar-refractivity contribution in [2.75, 3.05) is 6.54 Å². The number of nitrogens with two attached hydrogens (primary N) is 1. The molecule has 2 N–H and O–H groups in total. The van der Waals surface area contributed by atoms with E-state index in [1.54, 1.807) is 6.26 Å². The lowest BCUT2D eigenvalue weighted by atomic mass is 10.2. The quantitative estimate of drug-likeness (QED) is 0.673. The predicted molar refractivity (Wildman–Crippen MR) is 41.4 cm³/mol. The summed E-state index contributed by atoms with van der Waals surface area (Å²) in [6, 6.07) is 3.76. The maximum absolute atomic E-state index is 5.38. The summed E-state index contributed by atoms with van der Waals surface area (Å²) in [7, 11) is 0. The van der Waals surface area contributed by atoms with Gasteiger partial charge >= 0.3 is 0 Å². The lowest BCUT2D eigenvalue weighted by Crippen LogP contribution is -1.98. The van der Waals surface area contributed by atoms with Gasteiger partial charge in [-0.05, 0) is 25.1 Å². The second-order valence-corrected chi connectivity index (χ2v) is 2.21. The molecule has 1 aromatic heterocycles. The first-order valence-corrected chi connectivity index (χ1v) is 3.23. The topological polar surface area (TPSA) is 39.2 Å². The Morgan fingerprint density at radius 2 is 2.60 bits per heavy atom. The largest absolute Gasteiger partial charge is 0.465 e. The second-order valence-electron chi connectivity index (χ2n) is 2.21. The molecule has 2 heteroatoms. The van der Waals surface area contributed by atoms with E-state index in [0.29, 0.717) is 6.54 Å². The Bertz CT molecular complexity index is 211. The number of hydrogen-bond donors (Lipinski definition) is 1. The third-order valence-electron chi connectivity index (χ3n) is 1.25. The SMILES string of the molecule is CC(=Cc1ccco1)CN. The van der Waals surface area contributed by atoms with Gasteiger partial charge in [-0.25, -0.2) is 0 Å². The summed E-state index contributed by atoms with van der Waals surface area (Å²) in [4.78, 5) is 0. The van der Waals surface area contributed by atoms with Crippen LogP contribution < -0.4 is 5.73 Å². The molecule has 10 heavy (non-hydrogen) atoms. The fraction of sp³-hybridized carbons (Fsp3) is 0.250. The molecular weight excluding hydrogens is 126 g/mol. The highest BCUT2D eigenvalue weighted by atomic mass is 16.3.